The highest BCUT2D eigenvalue weighted by Crippen LogP contribution is 2.33. The normalized spacial score (nSPS) is 11.3. The first-order valence-corrected chi connectivity index (χ1v) is 7.13. The molecule has 0 saturated heterocycles. The van der Waals surface area contributed by atoms with Gasteiger partial charge in [0.2, 0.25) is 0 Å². The van der Waals surface area contributed by atoms with Gasteiger partial charge < -0.3 is 14.7 Å². The van der Waals surface area contributed by atoms with Crippen LogP contribution in [0, 0.1) is 0 Å². The van der Waals surface area contributed by atoms with Crippen molar-refractivity contribution in [2.75, 3.05) is 18.6 Å². The second kappa shape index (κ2) is 6.81. The van der Waals surface area contributed by atoms with E-state index in [2.05, 4.69) is 0 Å². The molecule has 0 aliphatic heterocycles. The van der Waals surface area contributed by atoms with E-state index < -0.39 is 11.7 Å². The van der Waals surface area contributed by atoms with Crippen molar-refractivity contribution in [1.82, 2.24) is 0 Å². The van der Waals surface area contributed by atoms with Gasteiger partial charge in [0.25, 0.3) is 0 Å². The third-order valence-corrected chi connectivity index (χ3v) is 3.54. The number of aromatic hydroxyl groups is 1. The molecule has 0 aliphatic rings. The molecule has 0 heterocycles. The van der Waals surface area contributed by atoms with Gasteiger partial charge in [-0.15, -0.1) is 0 Å². The van der Waals surface area contributed by atoms with Crippen LogP contribution in [0.25, 0.3) is 0 Å². The maximum absolute atomic E-state index is 12.6. The van der Waals surface area contributed by atoms with Gasteiger partial charge in [0.1, 0.15) is 11.5 Å². The number of benzene rings is 2. The summed E-state index contributed by atoms with van der Waals surface area (Å²) in [7, 11) is 1.50. The Morgan fingerprint density at radius 1 is 1.09 bits per heavy atom. The summed E-state index contributed by atoms with van der Waals surface area (Å²) < 4.78 is 43.1. The molecule has 0 radical (unpaired) electrons. The summed E-state index contributed by atoms with van der Waals surface area (Å²) in [4.78, 5) is 1.96. The Morgan fingerprint density at radius 3 is 2.26 bits per heavy atom. The van der Waals surface area contributed by atoms with Crippen molar-refractivity contribution in [3.8, 4) is 11.5 Å². The maximum Gasteiger partial charge on any atom is 0.416 e. The summed E-state index contributed by atoms with van der Waals surface area (Å²) in [6.07, 6.45) is -4.33. The third kappa shape index (κ3) is 4.09. The Kier molecular flexibility index (Phi) is 5.03. The molecule has 1 N–H and O–H groups in total. The molecule has 6 heteroatoms. The minimum Gasteiger partial charge on any atom is -0.508 e. The fourth-order valence-corrected chi connectivity index (χ4v) is 2.31. The molecule has 2 aromatic carbocycles. The van der Waals surface area contributed by atoms with E-state index in [-0.39, 0.29) is 5.75 Å². The third-order valence-electron chi connectivity index (χ3n) is 3.54. The Balaban J connectivity index is 2.23. The molecule has 3 nitrogen and oxygen atoms in total. The molecule has 0 fully saturated rings. The monoisotopic (exact) mass is 325 g/mol. The van der Waals surface area contributed by atoms with Gasteiger partial charge in [0, 0.05) is 19.2 Å². The van der Waals surface area contributed by atoms with Gasteiger partial charge in [-0.3, -0.25) is 0 Å². The first-order chi connectivity index (χ1) is 10.8. The lowest BCUT2D eigenvalue weighted by Gasteiger charge is -2.25. The second-order valence-electron chi connectivity index (χ2n) is 5.07. The van der Waals surface area contributed by atoms with Crippen molar-refractivity contribution in [2.24, 2.45) is 0 Å². The Hall–Kier alpha value is -2.37. The molecular weight excluding hydrogens is 307 g/mol. The van der Waals surface area contributed by atoms with Gasteiger partial charge in [0.15, 0.2) is 0 Å². The lowest BCUT2D eigenvalue weighted by Crippen LogP contribution is -2.22. The van der Waals surface area contributed by atoms with Crippen molar-refractivity contribution >= 4 is 5.69 Å². The van der Waals surface area contributed by atoms with Crippen molar-refractivity contribution in [3.05, 3.63) is 53.6 Å². The molecule has 0 saturated carbocycles. The topological polar surface area (TPSA) is 32.7 Å². The number of alkyl halides is 3. The largest absolute Gasteiger partial charge is 0.508 e. The highest BCUT2D eigenvalue weighted by atomic mass is 19.4. The van der Waals surface area contributed by atoms with Crippen LogP contribution in [0.5, 0.6) is 11.5 Å². The van der Waals surface area contributed by atoms with Crippen LogP contribution in [0.1, 0.15) is 18.1 Å². The molecule has 0 atom stereocenters. The number of hydrogen-bond donors (Lipinski definition) is 1. The molecule has 0 spiro atoms. The smallest absolute Gasteiger partial charge is 0.416 e. The fraction of sp³-hybridized carbons (Fsp3) is 0.294. The highest BCUT2D eigenvalue weighted by Gasteiger charge is 2.30. The number of rotatable bonds is 5. The number of phenols is 1. The standard InChI is InChI=1S/C17H18F3NO2/c1-3-21(15-9-8-14(22)10-16(15)23-2)11-12-4-6-13(7-5-12)17(18,19)20/h4-10,22H,3,11H2,1-2H3. The summed E-state index contributed by atoms with van der Waals surface area (Å²) >= 11 is 0. The first-order valence-electron chi connectivity index (χ1n) is 7.13. The molecule has 0 aliphatic carbocycles. The number of methoxy groups -OCH3 is 1. The number of nitrogens with zero attached hydrogens (tertiary/aromatic N) is 1. The van der Waals surface area contributed by atoms with Crippen molar-refractivity contribution in [1.29, 1.82) is 0 Å². The first kappa shape index (κ1) is 17.0. The van der Waals surface area contributed by atoms with Gasteiger partial charge >= 0.3 is 6.18 Å². The van der Waals surface area contributed by atoms with E-state index in [4.69, 9.17) is 4.74 Å². The van der Waals surface area contributed by atoms with Crippen LogP contribution < -0.4 is 9.64 Å². The minimum absolute atomic E-state index is 0.0937. The molecule has 0 amide bonds. The van der Waals surface area contributed by atoms with E-state index in [9.17, 15) is 18.3 Å². The summed E-state index contributed by atoms with van der Waals surface area (Å²) in [6, 6.07) is 9.88. The Labute approximate surface area is 132 Å². The van der Waals surface area contributed by atoms with Crippen molar-refractivity contribution in [2.45, 2.75) is 19.6 Å². The lowest BCUT2D eigenvalue weighted by molar-refractivity contribution is -0.137. The molecular formula is C17H18F3NO2. The Morgan fingerprint density at radius 2 is 1.74 bits per heavy atom. The van der Waals surface area contributed by atoms with Crippen molar-refractivity contribution in [3.63, 3.8) is 0 Å². The minimum atomic E-state index is -4.33. The van der Waals surface area contributed by atoms with Crippen LogP contribution in [-0.4, -0.2) is 18.8 Å². The van der Waals surface area contributed by atoms with Gasteiger partial charge in [-0.1, -0.05) is 12.1 Å². The van der Waals surface area contributed by atoms with Crippen LogP contribution in [-0.2, 0) is 12.7 Å². The van der Waals surface area contributed by atoms with E-state index in [1.807, 2.05) is 11.8 Å². The quantitative estimate of drug-likeness (QED) is 0.882. The summed E-state index contributed by atoms with van der Waals surface area (Å²) in [5, 5.41) is 9.51. The zero-order valence-electron chi connectivity index (χ0n) is 12.9. The molecule has 2 rings (SSSR count). The van der Waals surface area contributed by atoms with Crippen LogP contribution in [0.3, 0.4) is 0 Å². The van der Waals surface area contributed by atoms with E-state index in [0.717, 1.165) is 23.4 Å². The van der Waals surface area contributed by atoms with Crippen LogP contribution in [0.2, 0.25) is 0 Å². The van der Waals surface area contributed by atoms with Gasteiger partial charge in [-0.25, -0.2) is 0 Å². The van der Waals surface area contributed by atoms with Gasteiger partial charge in [-0.2, -0.15) is 13.2 Å². The highest BCUT2D eigenvalue weighted by molar-refractivity contribution is 5.61. The molecule has 124 valence electrons. The summed E-state index contributed by atoms with van der Waals surface area (Å²) in [5.74, 6) is 0.606. The summed E-state index contributed by atoms with van der Waals surface area (Å²) in [6.45, 7) is 3.02. The number of phenolic OH excluding ortho intramolecular Hbond substituents is 1. The maximum atomic E-state index is 12.6. The Bertz CT molecular complexity index is 654. The predicted molar refractivity (Wildman–Crippen MR) is 82.8 cm³/mol. The van der Waals surface area contributed by atoms with Gasteiger partial charge in [0.05, 0.1) is 18.4 Å². The van der Waals surface area contributed by atoms with E-state index in [1.165, 1.54) is 25.3 Å². The van der Waals surface area contributed by atoms with E-state index in [0.29, 0.717) is 18.8 Å². The molecule has 23 heavy (non-hydrogen) atoms. The zero-order valence-corrected chi connectivity index (χ0v) is 12.9. The molecule has 0 unspecified atom stereocenters. The van der Waals surface area contributed by atoms with Crippen LogP contribution in [0.4, 0.5) is 18.9 Å². The number of hydrogen-bond acceptors (Lipinski definition) is 3. The average Bonchev–Trinajstić information content (AvgIpc) is 2.52. The molecule has 2 aromatic rings. The number of anilines is 1. The molecule has 0 aromatic heterocycles. The zero-order chi connectivity index (χ0) is 17.0. The number of ether oxygens (including phenoxy) is 1. The van der Waals surface area contributed by atoms with E-state index >= 15 is 0 Å². The van der Waals surface area contributed by atoms with Crippen LogP contribution >= 0.6 is 0 Å². The van der Waals surface area contributed by atoms with E-state index in [1.54, 1.807) is 12.1 Å². The molecule has 0 bridgehead atoms. The lowest BCUT2D eigenvalue weighted by atomic mass is 10.1. The van der Waals surface area contributed by atoms with Crippen LogP contribution in [0.15, 0.2) is 42.5 Å². The predicted octanol–water partition coefficient (Wildman–Crippen LogP) is 4.45. The SMILES string of the molecule is CCN(Cc1ccc(C(F)(F)F)cc1)c1ccc(O)cc1OC. The average molecular weight is 325 g/mol. The van der Waals surface area contributed by atoms with Crippen molar-refractivity contribution < 1.29 is 23.0 Å². The second-order valence-corrected chi connectivity index (χ2v) is 5.07. The number of halogens is 3. The van der Waals surface area contributed by atoms with Gasteiger partial charge in [-0.05, 0) is 36.8 Å². The fourth-order valence-electron chi connectivity index (χ4n) is 2.31. The summed E-state index contributed by atoms with van der Waals surface area (Å²) in [5.41, 5.74) is 0.870.